The Balaban J connectivity index is 2.71. The highest BCUT2D eigenvalue weighted by atomic mass is 79.9. The van der Waals surface area contributed by atoms with Crippen LogP contribution in [0.4, 0.5) is 0 Å². The zero-order valence-corrected chi connectivity index (χ0v) is 12.0. The number of rotatable bonds is 6. The Morgan fingerprint density at radius 1 is 1.31 bits per heavy atom. The van der Waals surface area contributed by atoms with Gasteiger partial charge in [0.05, 0.1) is 12.2 Å². The van der Waals surface area contributed by atoms with Crippen LogP contribution < -0.4 is 0 Å². The van der Waals surface area contributed by atoms with Crippen LogP contribution in [0.25, 0.3) is 0 Å². The molecule has 90 valence electrons. The van der Waals surface area contributed by atoms with Crippen molar-refractivity contribution >= 4 is 15.9 Å². The number of aryl methyl sites for hydroxylation is 1. The van der Waals surface area contributed by atoms with Crippen molar-refractivity contribution in [1.82, 2.24) is 0 Å². The quantitative estimate of drug-likeness (QED) is 0.692. The van der Waals surface area contributed by atoms with Crippen LogP contribution in [0.5, 0.6) is 0 Å². The molecule has 0 saturated heterocycles. The molecule has 16 heavy (non-hydrogen) atoms. The van der Waals surface area contributed by atoms with Gasteiger partial charge in [-0.3, -0.25) is 0 Å². The Kier molecular flexibility index (Phi) is 6.07. The van der Waals surface area contributed by atoms with E-state index in [1.807, 2.05) is 0 Å². The van der Waals surface area contributed by atoms with Gasteiger partial charge in [-0.05, 0) is 31.4 Å². The SMILES string of the molecule is CCCC(C)OC(CBr)c1ccccc1C. The molecule has 0 saturated carbocycles. The first-order valence-corrected chi connectivity index (χ1v) is 7.08. The van der Waals surface area contributed by atoms with E-state index in [1.165, 1.54) is 17.5 Å². The predicted molar refractivity (Wildman–Crippen MR) is 73.2 cm³/mol. The monoisotopic (exact) mass is 284 g/mol. The molecule has 0 aromatic heterocycles. The van der Waals surface area contributed by atoms with E-state index in [1.54, 1.807) is 0 Å². The van der Waals surface area contributed by atoms with Crippen molar-refractivity contribution < 1.29 is 4.74 Å². The molecule has 0 aliphatic rings. The van der Waals surface area contributed by atoms with Crippen molar-refractivity contribution in [2.45, 2.75) is 45.8 Å². The molecule has 1 aromatic rings. The van der Waals surface area contributed by atoms with Crippen molar-refractivity contribution in [3.63, 3.8) is 0 Å². The lowest BCUT2D eigenvalue weighted by Gasteiger charge is -2.22. The molecule has 0 radical (unpaired) electrons. The van der Waals surface area contributed by atoms with Crippen molar-refractivity contribution in [1.29, 1.82) is 0 Å². The number of ether oxygens (including phenoxy) is 1. The maximum atomic E-state index is 6.06. The molecule has 0 amide bonds. The van der Waals surface area contributed by atoms with Gasteiger partial charge in [0, 0.05) is 5.33 Å². The summed E-state index contributed by atoms with van der Waals surface area (Å²) in [7, 11) is 0. The molecule has 2 atom stereocenters. The van der Waals surface area contributed by atoms with Crippen molar-refractivity contribution in [2.24, 2.45) is 0 Å². The number of alkyl halides is 1. The first-order chi connectivity index (χ1) is 7.69. The first-order valence-electron chi connectivity index (χ1n) is 5.96. The average molecular weight is 285 g/mol. The molecule has 0 fully saturated rings. The van der Waals surface area contributed by atoms with Crippen LogP contribution in [-0.4, -0.2) is 11.4 Å². The zero-order valence-electron chi connectivity index (χ0n) is 10.4. The van der Waals surface area contributed by atoms with Crippen LogP contribution >= 0.6 is 15.9 Å². The van der Waals surface area contributed by atoms with E-state index in [0.29, 0.717) is 6.10 Å². The summed E-state index contributed by atoms with van der Waals surface area (Å²) in [6, 6.07) is 8.43. The predicted octanol–water partition coefficient (Wildman–Crippen LogP) is 4.64. The highest BCUT2D eigenvalue weighted by Crippen LogP contribution is 2.25. The molecule has 2 unspecified atom stereocenters. The second-order valence-corrected chi connectivity index (χ2v) is 4.88. The van der Waals surface area contributed by atoms with Gasteiger partial charge in [-0.1, -0.05) is 53.5 Å². The van der Waals surface area contributed by atoms with E-state index in [2.05, 4.69) is 61.0 Å². The summed E-state index contributed by atoms with van der Waals surface area (Å²) in [5, 5.41) is 0.853. The molecule has 0 aliphatic heterocycles. The third kappa shape index (κ3) is 3.91. The number of hydrogen-bond donors (Lipinski definition) is 0. The Bertz CT molecular complexity index is 311. The molecule has 0 spiro atoms. The lowest BCUT2D eigenvalue weighted by molar-refractivity contribution is 0.00560. The Morgan fingerprint density at radius 3 is 2.56 bits per heavy atom. The lowest BCUT2D eigenvalue weighted by Crippen LogP contribution is -2.15. The fourth-order valence-corrected chi connectivity index (χ4v) is 2.40. The second kappa shape index (κ2) is 7.08. The Labute approximate surface area is 107 Å². The van der Waals surface area contributed by atoms with E-state index >= 15 is 0 Å². The van der Waals surface area contributed by atoms with Gasteiger partial charge >= 0.3 is 0 Å². The van der Waals surface area contributed by atoms with Crippen molar-refractivity contribution in [3.05, 3.63) is 35.4 Å². The summed E-state index contributed by atoms with van der Waals surface area (Å²) in [5.41, 5.74) is 2.60. The molecule has 0 heterocycles. The summed E-state index contributed by atoms with van der Waals surface area (Å²) >= 11 is 3.54. The molecule has 1 aromatic carbocycles. The van der Waals surface area contributed by atoms with E-state index in [4.69, 9.17) is 4.74 Å². The third-order valence-electron chi connectivity index (χ3n) is 2.77. The smallest absolute Gasteiger partial charge is 0.0927 e. The number of hydrogen-bond acceptors (Lipinski definition) is 1. The largest absolute Gasteiger partial charge is 0.370 e. The number of benzene rings is 1. The van der Waals surface area contributed by atoms with Crippen LogP contribution in [-0.2, 0) is 4.74 Å². The molecular weight excluding hydrogens is 264 g/mol. The molecule has 0 N–H and O–H groups in total. The van der Waals surface area contributed by atoms with E-state index in [0.717, 1.165) is 11.8 Å². The van der Waals surface area contributed by atoms with Gasteiger partial charge in [0.15, 0.2) is 0 Å². The summed E-state index contributed by atoms with van der Waals surface area (Å²) in [6.07, 6.45) is 2.79. The minimum absolute atomic E-state index is 0.169. The summed E-state index contributed by atoms with van der Waals surface area (Å²) in [6.45, 7) is 6.48. The molecule has 0 aliphatic carbocycles. The van der Waals surface area contributed by atoms with Gasteiger partial charge < -0.3 is 4.74 Å². The van der Waals surface area contributed by atoms with Crippen molar-refractivity contribution in [3.8, 4) is 0 Å². The minimum atomic E-state index is 0.169. The van der Waals surface area contributed by atoms with Crippen LogP contribution in [0.1, 0.15) is 43.9 Å². The van der Waals surface area contributed by atoms with Gasteiger partial charge in [-0.15, -0.1) is 0 Å². The van der Waals surface area contributed by atoms with Crippen LogP contribution in [0, 0.1) is 6.92 Å². The van der Waals surface area contributed by atoms with Crippen LogP contribution in [0.3, 0.4) is 0 Å². The molecular formula is C14H21BrO. The highest BCUT2D eigenvalue weighted by molar-refractivity contribution is 9.09. The standard InChI is InChI=1S/C14H21BrO/c1-4-7-12(3)16-14(10-15)13-9-6-5-8-11(13)2/h5-6,8-9,12,14H,4,7,10H2,1-3H3. The van der Waals surface area contributed by atoms with Gasteiger partial charge in [0.1, 0.15) is 0 Å². The fourth-order valence-electron chi connectivity index (χ4n) is 1.90. The topological polar surface area (TPSA) is 9.23 Å². The van der Waals surface area contributed by atoms with Gasteiger partial charge in [0.25, 0.3) is 0 Å². The Hall–Kier alpha value is -0.340. The van der Waals surface area contributed by atoms with E-state index in [9.17, 15) is 0 Å². The lowest BCUT2D eigenvalue weighted by atomic mass is 10.0. The van der Waals surface area contributed by atoms with Gasteiger partial charge in [-0.25, -0.2) is 0 Å². The molecule has 1 rings (SSSR count). The van der Waals surface area contributed by atoms with E-state index in [-0.39, 0.29) is 6.10 Å². The molecule has 0 bridgehead atoms. The average Bonchev–Trinajstić information content (AvgIpc) is 2.27. The summed E-state index contributed by atoms with van der Waals surface area (Å²) in [4.78, 5) is 0. The molecule has 1 nitrogen and oxygen atoms in total. The minimum Gasteiger partial charge on any atom is -0.370 e. The van der Waals surface area contributed by atoms with Crippen LogP contribution in [0.15, 0.2) is 24.3 Å². The summed E-state index contributed by atoms with van der Waals surface area (Å²) < 4.78 is 6.06. The van der Waals surface area contributed by atoms with Gasteiger partial charge in [-0.2, -0.15) is 0 Å². The maximum Gasteiger partial charge on any atom is 0.0927 e. The van der Waals surface area contributed by atoms with Gasteiger partial charge in [0.2, 0.25) is 0 Å². The first kappa shape index (κ1) is 13.7. The second-order valence-electron chi connectivity index (χ2n) is 4.23. The fraction of sp³-hybridized carbons (Fsp3) is 0.571. The van der Waals surface area contributed by atoms with Crippen molar-refractivity contribution in [2.75, 3.05) is 5.33 Å². The molecule has 2 heteroatoms. The Morgan fingerprint density at radius 2 is 2.00 bits per heavy atom. The third-order valence-corrected chi connectivity index (χ3v) is 3.36. The van der Waals surface area contributed by atoms with Crippen LogP contribution in [0.2, 0.25) is 0 Å². The summed E-state index contributed by atoms with van der Waals surface area (Å²) in [5.74, 6) is 0. The normalized spacial score (nSPS) is 14.8. The highest BCUT2D eigenvalue weighted by Gasteiger charge is 2.15. The van der Waals surface area contributed by atoms with E-state index < -0.39 is 0 Å². The number of halogens is 1. The maximum absolute atomic E-state index is 6.06. The zero-order chi connectivity index (χ0) is 12.0.